The summed E-state index contributed by atoms with van der Waals surface area (Å²) in [4.78, 5) is 26.6. The van der Waals surface area contributed by atoms with E-state index in [-0.39, 0.29) is 18.4 Å². The number of hydrogen-bond acceptors (Lipinski definition) is 4. The Bertz CT molecular complexity index is 797. The van der Waals surface area contributed by atoms with Gasteiger partial charge in [-0.2, -0.15) is 0 Å². The molecule has 6 heteroatoms. The molecule has 3 rings (SSSR count). The van der Waals surface area contributed by atoms with E-state index in [0.717, 1.165) is 49.5 Å². The summed E-state index contributed by atoms with van der Waals surface area (Å²) in [5.41, 5.74) is 2.22. The summed E-state index contributed by atoms with van der Waals surface area (Å²) in [7, 11) is 0. The number of piperidine rings is 1. The average molecular weight is 396 g/mol. The van der Waals surface area contributed by atoms with Gasteiger partial charge >= 0.3 is 0 Å². The van der Waals surface area contributed by atoms with Gasteiger partial charge in [0.15, 0.2) is 0 Å². The Hall–Kier alpha value is -3.02. The van der Waals surface area contributed by atoms with Crippen LogP contribution in [0.15, 0.2) is 48.5 Å². The highest BCUT2D eigenvalue weighted by atomic mass is 16.5. The number of anilines is 2. The van der Waals surface area contributed by atoms with Gasteiger partial charge in [-0.05, 0) is 74.2 Å². The predicted molar refractivity (Wildman–Crippen MR) is 116 cm³/mol. The van der Waals surface area contributed by atoms with Crippen LogP contribution < -0.4 is 15.4 Å². The van der Waals surface area contributed by atoms with E-state index < -0.39 is 0 Å². The summed E-state index contributed by atoms with van der Waals surface area (Å²) >= 11 is 0. The van der Waals surface area contributed by atoms with Gasteiger partial charge in [-0.3, -0.25) is 9.59 Å². The van der Waals surface area contributed by atoms with Gasteiger partial charge in [0.05, 0.1) is 13.2 Å². The molecule has 0 aromatic heterocycles. The Balaban J connectivity index is 1.45. The van der Waals surface area contributed by atoms with E-state index in [1.807, 2.05) is 53.4 Å². The van der Waals surface area contributed by atoms with Crippen LogP contribution in [0.3, 0.4) is 0 Å². The van der Waals surface area contributed by atoms with Crippen molar-refractivity contribution in [2.75, 3.05) is 36.9 Å². The number of ether oxygens (including phenoxy) is 1. The average Bonchev–Trinajstić information content (AvgIpc) is 2.78. The van der Waals surface area contributed by atoms with E-state index in [9.17, 15) is 9.59 Å². The number of carbonyl (C=O) groups is 2. The number of carbonyl (C=O) groups excluding carboxylic acids is 2. The van der Waals surface area contributed by atoms with Crippen LogP contribution >= 0.6 is 0 Å². The van der Waals surface area contributed by atoms with Gasteiger partial charge in [0.1, 0.15) is 5.75 Å². The summed E-state index contributed by atoms with van der Waals surface area (Å²) in [5, 5.41) is 5.94. The lowest BCUT2D eigenvalue weighted by Crippen LogP contribution is -2.35. The summed E-state index contributed by atoms with van der Waals surface area (Å²) in [6, 6.07) is 14.6. The molecule has 1 saturated heterocycles. The first-order valence-corrected chi connectivity index (χ1v) is 10.3. The van der Waals surface area contributed by atoms with E-state index >= 15 is 0 Å². The van der Waals surface area contributed by atoms with Crippen molar-refractivity contribution in [3.05, 3.63) is 54.1 Å². The number of hydrogen-bond donors (Lipinski definition) is 2. The molecule has 2 aromatic carbocycles. The molecule has 0 radical (unpaired) electrons. The molecule has 6 nitrogen and oxygen atoms in total. The standard InChI is InChI=1S/C23H29N3O3/c1-2-16-29-21-12-10-20(11-13-21)25-22(27)17-24-19-8-6-18(7-9-19)23(28)26-14-4-3-5-15-26/h6-13,24H,2-5,14-17H2,1H3,(H,25,27). The third kappa shape index (κ3) is 6.24. The molecule has 1 aliphatic heterocycles. The quantitative estimate of drug-likeness (QED) is 0.704. The van der Waals surface area contributed by atoms with Crippen LogP contribution in [0, 0.1) is 0 Å². The zero-order valence-corrected chi connectivity index (χ0v) is 16.9. The molecule has 2 N–H and O–H groups in total. The van der Waals surface area contributed by atoms with Crippen LogP contribution in [-0.2, 0) is 4.79 Å². The van der Waals surface area contributed by atoms with Crippen LogP contribution in [0.4, 0.5) is 11.4 Å². The number of nitrogens with one attached hydrogen (secondary N) is 2. The van der Waals surface area contributed by atoms with Gasteiger partial charge in [0.2, 0.25) is 5.91 Å². The summed E-state index contributed by atoms with van der Waals surface area (Å²) in [5.74, 6) is 0.739. The van der Waals surface area contributed by atoms with Crippen LogP contribution in [0.2, 0.25) is 0 Å². The normalized spacial score (nSPS) is 13.6. The Morgan fingerprint density at radius 3 is 2.24 bits per heavy atom. The van der Waals surface area contributed by atoms with Crippen LogP contribution in [0.25, 0.3) is 0 Å². The molecule has 0 saturated carbocycles. The fourth-order valence-corrected chi connectivity index (χ4v) is 3.25. The van der Waals surface area contributed by atoms with E-state index in [0.29, 0.717) is 12.2 Å². The first-order chi connectivity index (χ1) is 14.2. The monoisotopic (exact) mass is 395 g/mol. The number of benzene rings is 2. The molecule has 1 aliphatic rings. The number of amides is 2. The molecular formula is C23H29N3O3. The lowest BCUT2D eigenvalue weighted by atomic mass is 10.1. The van der Waals surface area contributed by atoms with Crippen molar-refractivity contribution in [1.82, 2.24) is 4.90 Å². The molecule has 1 heterocycles. The number of rotatable bonds is 8. The molecule has 0 unspecified atom stereocenters. The van der Waals surface area contributed by atoms with Crippen molar-refractivity contribution < 1.29 is 14.3 Å². The van der Waals surface area contributed by atoms with Crippen molar-refractivity contribution >= 4 is 23.2 Å². The minimum atomic E-state index is -0.138. The van der Waals surface area contributed by atoms with Crippen molar-refractivity contribution in [2.45, 2.75) is 32.6 Å². The summed E-state index contributed by atoms with van der Waals surface area (Å²) in [6.45, 7) is 4.56. The lowest BCUT2D eigenvalue weighted by molar-refractivity contribution is -0.114. The predicted octanol–water partition coefficient (Wildman–Crippen LogP) is 4.15. The second-order valence-corrected chi connectivity index (χ2v) is 7.20. The maximum absolute atomic E-state index is 12.5. The van der Waals surface area contributed by atoms with Crippen LogP contribution in [0.1, 0.15) is 43.0 Å². The van der Waals surface area contributed by atoms with E-state index in [1.165, 1.54) is 6.42 Å². The maximum Gasteiger partial charge on any atom is 0.253 e. The minimum Gasteiger partial charge on any atom is -0.494 e. The lowest BCUT2D eigenvalue weighted by Gasteiger charge is -2.26. The highest BCUT2D eigenvalue weighted by Crippen LogP contribution is 2.17. The molecule has 2 aromatic rings. The smallest absolute Gasteiger partial charge is 0.253 e. The third-order valence-electron chi connectivity index (χ3n) is 4.84. The topological polar surface area (TPSA) is 70.7 Å². The van der Waals surface area contributed by atoms with Crippen molar-refractivity contribution in [3.63, 3.8) is 0 Å². The van der Waals surface area contributed by atoms with E-state index in [4.69, 9.17) is 4.74 Å². The molecule has 0 spiro atoms. The third-order valence-corrected chi connectivity index (χ3v) is 4.84. The van der Waals surface area contributed by atoms with Crippen molar-refractivity contribution in [1.29, 1.82) is 0 Å². The van der Waals surface area contributed by atoms with Crippen molar-refractivity contribution in [2.24, 2.45) is 0 Å². The molecule has 0 bridgehead atoms. The van der Waals surface area contributed by atoms with Gasteiger partial charge < -0.3 is 20.3 Å². The molecule has 0 aliphatic carbocycles. The molecule has 154 valence electrons. The Labute approximate surface area is 172 Å². The second kappa shape index (κ2) is 10.5. The Kier molecular flexibility index (Phi) is 7.50. The Morgan fingerprint density at radius 2 is 1.59 bits per heavy atom. The SMILES string of the molecule is CCCOc1ccc(NC(=O)CNc2ccc(C(=O)N3CCCCC3)cc2)cc1. The van der Waals surface area contributed by atoms with E-state index in [2.05, 4.69) is 17.6 Å². The van der Waals surface area contributed by atoms with Crippen LogP contribution in [0.5, 0.6) is 5.75 Å². The summed E-state index contributed by atoms with van der Waals surface area (Å²) in [6.07, 6.45) is 4.31. The zero-order valence-electron chi connectivity index (χ0n) is 16.9. The Morgan fingerprint density at radius 1 is 0.931 bits per heavy atom. The molecular weight excluding hydrogens is 366 g/mol. The highest BCUT2D eigenvalue weighted by Gasteiger charge is 2.17. The molecule has 2 amide bonds. The maximum atomic E-state index is 12.5. The van der Waals surface area contributed by atoms with Gasteiger partial charge in [-0.1, -0.05) is 6.92 Å². The fourth-order valence-electron chi connectivity index (χ4n) is 3.25. The highest BCUT2D eigenvalue weighted by molar-refractivity contribution is 5.95. The van der Waals surface area contributed by atoms with Gasteiger partial charge in [0.25, 0.3) is 5.91 Å². The zero-order chi connectivity index (χ0) is 20.5. The number of nitrogens with zero attached hydrogens (tertiary/aromatic N) is 1. The minimum absolute atomic E-state index is 0.0837. The molecule has 0 atom stereocenters. The van der Waals surface area contributed by atoms with Crippen molar-refractivity contribution in [3.8, 4) is 5.75 Å². The fraction of sp³-hybridized carbons (Fsp3) is 0.391. The largest absolute Gasteiger partial charge is 0.494 e. The molecule has 1 fully saturated rings. The second-order valence-electron chi connectivity index (χ2n) is 7.20. The van der Waals surface area contributed by atoms with E-state index in [1.54, 1.807) is 0 Å². The number of likely N-dealkylation sites (tertiary alicyclic amines) is 1. The summed E-state index contributed by atoms with van der Waals surface area (Å²) < 4.78 is 5.53. The van der Waals surface area contributed by atoms with Gasteiger partial charge in [-0.25, -0.2) is 0 Å². The van der Waals surface area contributed by atoms with Crippen LogP contribution in [-0.4, -0.2) is 43.0 Å². The van der Waals surface area contributed by atoms with Gasteiger partial charge in [-0.15, -0.1) is 0 Å². The molecule has 29 heavy (non-hydrogen) atoms. The van der Waals surface area contributed by atoms with Gasteiger partial charge in [0, 0.05) is 30.0 Å². The first-order valence-electron chi connectivity index (χ1n) is 10.3. The first kappa shape index (κ1) is 20.7.